The van der Waals surface area contributed by atoms with Crippen molar-refractivity contribution >= 4 is 17.7 Å². The van der Waals surface area contributed by atoms with E-state index in [1.54, 1.807) is 6.07 Å². The predicted molar refractivity (Wildman–Crippen MR) is 117 cm³/mol. The Balaban J connectivity index is 1.62. The zero-order valence-corrected chi connectivity index (χ0v) is 18.8. The molecule has 0 saturated carbocycles. The standard InChI is InChI=1S/C22H28F3N5OS/c23-22(24,25)17-9-3-4-10-18(17)30-19(15-28-11-5-1-6-12-28)26-27-21(30)32-16-20(31)29-13-7-2-8-14-29/h3-4,9-10H,1-2,5-8,11-16H2. The zero-order chi connectivity index (χ0) is 22.6. The molecule has 4 rings (SSSR count). The summed E-state index contributed by atoms with van der Waals surface area (Å²) >= 11 is 1.16. The van der Waals surface area contributed by atoms with Crippen molar-refractivity contribution in [3.8, 4) is 5.69 Å². The van der Waals surface area contributed by atoms with E-state index in [1.165, 1.54) is 23.1 Å². The number of rotatable bonds is 6. The molecule has 0 aliphatic carbocycles. The van der Waals surface area contributed by atoms with Crippen LogP contribution in [0, 0.1) is 0 Å². The van der Waals surface area contributed by atoms with E-state index in [0.717, 1.165) is 76.1 Å². The minimum absolute atomic E-state index is 0.00457. The number of nitrogens with zero attached hydrogens (tertiary/aromatic N) is 5. The van der Waals surface area contributed by atoms with Crippen LogP contribution in [0.25, 0.3) is 5.69 Å². The summed E-state index contributed by atoms with van der Waals surface area (Å²) in [5.41, 5.74) is -0.728. The third-order valence-electron chi connectivity index (χ3n) is 6.00. The number of likely N-dealkylation sites (tertiary alicyclic amines) is 2. The molecule has 2 aromatic rings. The van der Waals surface area contributed by atoms with Gasteiger partial charge >= 0.3 is 6.18 Å². The lowest BCUT2D eigenvalue weighted by Crippen LogP contribution is -2.36. The fourth-order valence-corrected chi connectivity index (χ4v) is 5.19. The molecule has 0 atom stereocenters. The lowest BCUT2D eigenvalue weighted by Gasteiger charge is -2.27. The quantitative estimate of drug-likeness (QED) is 0.591. The molecule has 3 heterocycles. The summed E-state index contributed by atoms with van der Waals surface area (Å²) in [6.07, 6.45) is 1.91. The topological polar surface area (TPSA) is 54.3 Å². The minimum atomic E-state index is -4.51. The highest BCUT2D eigenvalue weighted by molar-refractivity contribution is 7.99. The van der Waals surface area contributed by atoms with E-state index in [2.05, 4.69) is 15.1 Å². The first-order valence-electron chi connectivity index (χ1n) is 11.2. The van der Waals surface area contributed by atoms with Gasteiger partial charge in [0.15, 0.2) is 11.0 Å². The average Bonchev–Trinajstić information content (AvgIpc) is 3.20. The number of carbonyl (C=O) groups excluding carboxylic acids is 1. The number of hydrogen-bond acceptors (Lipinski definition) is 5. The molecule has 32 heavy (non-hydrogen) atoms. The number of carbonyl (C=O) groups is 1. The van der Waals surface area contributed by atoms with Crippen molar-refractivity contribution in [1.29, 1.82) is 0 Å². The smallest absolute Gasteiger partial charge is 0.342 e. The first-order chi connectivity index (χ1) is 15.4. The second-order valence-corrected chi connectivity index (χ2v) is 9.26. The Morgan fingerprint density at radius 3 is 2.28 bits per heavy atom. The van der Waals surface area contributed by atoms with Crippen molar-refractivity contribution in [3.05, 3.63) is 35.7 Å². The number of alkyl halides is 3. The number of hydrogen-bond donors (Lipinski definition) is 0. The normalized spacial score (nSPS) is 18.2. The number of aromatic nitrogens is 3. The lowest BCUT2D eigenvalue weighted by atomic mass is 10.1. The van der Waals surface area contributed by atoms with Crippen molar-refractivity contribution in [3.63, 3.8) is 0 Å². The molecule has 0 bridgehead atoms. The molecular formula is C22H28F3N5OS. The monoisotopic (exact) mass is 467 g/mol. The van der Waals surface area contributed by atoms with Gasteiger partial charge in [-0.05, 0) is 57.3 Å². The van der Waals surface area contributed by atoms with Crippen LogP contribution in [-0.2, 0) is 17.5 Å². The summed E-state index contributed by atoms with van der Waals surface area (Å²) < 4.78 is 42.9. The second-order valence-electron chi connectivity index (χ2n) is 8.32. The largest absolute Gasteiger partial charge is 0.418 e. The maximum absolute atomic E-state index is 13.8. The third kappa shape index (κ3) is 5.46. The Morgan fingerprint density at radius 2 is 1.59 bits per heavy atom. The second kappa shape index (κ2) is 10.2. The molecule has 0 unspecified atom stereocenters. The van der Waals surface area contributed by atoms with Crippen LogP contribution in [0.2, 0.25) is 0 Å². The fraction of sp³-hybridized carbons (Fsp3) is 0.591. The number of amides is 1. The van der Waals surface area contributed by atoms with Crippen LogP contribution in [0.5, 0.6) is 0 Å². The summed E-state index contributed by atoms with van der Waals surface area (Å²) in [5.74, 6) is 0.596. The average molecular weight is 468 g/mol. The van der Waals surface area contributed by atoms with Crippen molar-refractivity contribution in [2.75, 3.05) is 31.9 Å². The van der Waals surface area contributed by atoms with Crippen LogP contribution < -0.4 is 0 Å². The van der Waals surface area contributed by atoms with Crippen molar-refractivity contribution < 1.29 is 18.0 Å². The summed E-state index contributed by atoms with van der Waals surface area (Å²) in [6, 6.07) is 5.49. The minimum Gasteiger partial charge on any atom is -0.342 e. The van der Waals surface area contributed by atoms with E-state index in [9.17, 15) is 18.0 Å². The Bertz CT molecular complexity index is 921. The molecule has 1 amide bonds. The molecule has 2 aliphatic rings. The van der Waals surface area contributed by atoms with Gasteiger partial charge in [-0.2, -0.15) is 13.2 Å². The van der Waals surface area contributed by atoms with Crippen LogP contribution >= 0.6 is 11.8 Å². The maximum atomic E-state index is 13.8. The molecule has 174 valence electrons. The van der Waals surface area contributed by atoms with E-state index < -0.39 is 11.7 Å². The Morgan fingerprint density at radius 1 is 0.938 bits per heavy atom. The molecule has 1 aromatic heterocycles. The summed E-state index contributed by atoms with van der Waals surface area (Å²) in [6.45, 7) is 3.69. The van der Waals surface area contributed by atoms with Crippen LogP contribution in [0.3, 0.4) is 0 Å². The van der Waals surface area contributed by atoms with Gasteiger partial charge < -0.3 is 4.90 Å². The Hall–Kier alpha value is -2.07. The van der Waals surface area contributed by atoms with Crippen molar-refractivity contribution in [1.82, 2.24) is 24.6 Å². The van der Waals surface area contributed by atoms with Gasteiger partial charge in [-0.1, -0.05) is 30.3 Å². The van der Waals surface area contributed by atoms with Gasteiger partial charge in [0, 0.05) is 13.1 Å². The lowest BCUT2D eigenvalue weighted by molar-refractivity contribution is -0.137. The van der Waals surface area contributed by atoms with Crippen molar-refractivity contribution in [2.45, 2.75) is 56.4 Å². The predicted octanol–water partition coefficient (Wildman–Crippen LogP) is 4.38. The van der Waals surface area contributed by atoms with Crippen molar-refractivity contribution in [2.24, 2.45) is 0 Å². The molecule has 6 nitrogen and oxygen atoms in total. The molecule has 0 spiro atoms. The summed E-state index contributed by atoms with van der Waals surface area (Å²) in [5, 5.41) is 8.79. The van der Waals surface area contributed by atoms with Gasteiger partial charge in [0.1, 0.15) is 0 Å². The number of benzene rings is 1. The van der Waals surface area contributed by atoms with Gasteiger partial charge in [0.05, 0.1) is 23.5 Å². The van der Waals surface area contributed by atoms with Crippen LogP contribution in [0.15, 0.2) is 29.4 Å². The number of para-hydroxylation sites is 1. The van der Waals surface area contributed by atoms with Crippen LogP contribution in [-0.4, -0.2) is 62.4 Å². The van der Waals surface area contributed by atoms with E-state index in [-0.39, 0.29) is 17.3 Å². The molecular weight excluding hydrogens is 439 g/mol. The molecule has 0 radical (unpaired) electrons. The third-order valence-corrected chi connectivity index (χ3v) is 6.91. The van der Waals surface area contributed by atoms with Crippen LogP contribution in [0.1, 0.15) is 49.9 Å². The maximum Gasteiger partial charge on any atom is 0.418 e. The van der Waals surface area contributed by atoms with Gasteiger partial charge in [0.2, 0.25) is 5.91 Å². The Kier molecular flexibility index (Phi) is 7.40. The highest BCUT2D eigenvalue weighted by Gasteiger charge is 2.35. The van der Waals surface area contributed by atoms with E-state index in [4.69, 9.17) is 0 Å². The summed E-state index contributed by atoms with van der Waals surface area (Å²) in [7, 11) is 0. The number of piperidine rings is 2. The SMILES string of the molecule is O=C(CSc1nnc(CN2CCCCC2)n1-c1ccccc1C(F)(F)F)N1CCCCC1. The molecule has 1 aromatic carbocycles. The molecule has 2 saturated heterocycles. The molecule has 2 aliphatic heterocycles. The first-order valence-corrected chi connectivity index (χ1v) is 12.2. The van der Waals surface area contributed by atoms with Gasteiger partial charge in [-0.15, -0.1) is 10.2 Å². The Labute approximate surface area is 190 Å². The molecule has 0 N–H and O–H groups in total. The van der Waals surface area contributed by atoms with Gasteiger partial charge in [-0.25, -0.2) is 0 Å². The highest BCUT2D eigenvalue weighted by Crippen LogP contribution is 2.36. The zero-order valence-electron chi connectivity index (χ0n) is 18.0. The summed E-state index contributed by atoms with van der Waals surface area (Å²) in [4.78, 5) is 16.7. The molecule has 2 fully saturated rings. The van der Waals surface area contributed by atoms with E-state index in [1.807, 2.05) is 4.90 Å². The van der Waals surface area contributed by atoms with E-state index in [0.29, 0.717) is 17.5 Å². The molecule has 10 heteroatoms. The first kappa shape index (κ1) is 23.1. The van der Waals surface area contributed by atoms with Gasteiger partial charge in [0.25, 0.3) is 0 Å². The van der Waals surface area contributed by atoms with Gasteiger partial charge in [-0.3, -0.25) is 14.3 Å². The van der Waals surface area contributed by atoms with Crippen LogP contribution in [0.4, 0.5) is 13.2 Å². The highest BCUT2D eigenvalue weighted by atomic mass is 32.2. The fourth-order valence-electron chi connectivity index (χ4n) is 4.32. The number of thioether (sulfide) groups is 1. The van der Waals surface area contributed by atoms with E-state index >= 15 is 0 Å². The number of halogens is 3.